The topological polar surface area (TPSA) is 81.0 Å². The molecule has 0 saturated carbocycles. The predicted molar refractivity (Wildman–Crippen MR) is 95.9 cm³/mol. The highest BCUT2D eigenvalue weighted by molar-refractivity contribution is 5.81. The number of ketones is 1. The van der Waals surface area contributed by atoms with Gasteiger partial charge in [0.05, 0.1) is 5.60 Å². The van der Waals surface area contributed by atoms with Gasteiger partial charge in [-0.05, 0) is 37.9 Å². The van der Waals surface area contributed by atoms with E-state index in [2.05, 4.69) is 11.5 Å². The lowest BCUT2D eigenvalue weighted by molar-refractivity contribution is -0.146. The molecule has 2 aliphatic rings. The molecule has 1 aromatic carbocycles. The zero-order chi connectivity index (χ0) is 18.4. The Bertz CT molecular complexity index is 712. The maximum atomic E-state index is 12.4. The number of rotatable bonds is 5. The van der Waals surface area contributed by atoms with E-state index in [0.29, 0.717) is 37.9 Å². The number of hydrogen-bond donors (Lipinski definition) is 3. The molecular formula is C20H27NO4. The summed E-state index contributed by atoms with van der Waals surface area (Å²) in [7, 11) is 0. The average molecular weight is 345 g/mol. The highest BCUT2D eigenvalue weighted by Gasteiger charge is 2.61. The van der Waals surface area contributed by atoms with Crippen molar-refractivity contribution in [2.45, 2.75) is 56.6 Å². The third-order valence-electron chi connectivity index (χ3n) is 6.28. The molecular weight excluding hydrogens is 318 g/mol. The number of fused-ring (bicyclic) bond motifs is 4. The lowest BCUT2D eigenvalue weighted by atomic mass is 9.53. The molecule has 5 nitrogen and oxygen atoms in total. The van der Waals surface area contributed by atoms with Gasteiger partial charge in [0, 0.05) is 36.4 Å². The molecule has 0 aromatic heterocycles. The number of hydrogen-bond acceptors (Lipinski definition) is 5. The van der Waals surface area contributed by atoms with Crippen LogP contribution in [0.3, 0.4) is 0 Å². The SMILES string of the molecule is C=CCN1CCC2(CC(=O)CC)c3c(ccc(O)c3O)CC1C2(C)O. The van der Waals surface area contributed by atoms with Crippen molar-refractivity contribution in [1.29, 1.82) is 0 Å². The Kier molecular flexibility index (Phi) is 4.41. The van der Waals surface area contributed by atoms with Crippen molar-refractivity contribution in [1.82, 2.24) is 4.90 Å². The van der Waals surface area contributed by atoms with Crippen LogP contribution in [0.1, 0.15) is 44.2 Å². The van der Waals surface area contributed by atoms with Crippen LogP contribution in [0.5, 0.6) is 11.5 Å². The van der Waals surface area contributed by atoms with E-state index in [1.807, 2.05) is 13.0 Å². The molecule has 0 amide bonds. The number of piperidine rings is 1. The zero-order valence-electron chi connectivity index (χ0n) is 15.0. The van der Waals surface area contributed by atoms with Gasteiger partial charge in [0.2, 0.25) is 0 Å². The van der Waals surface area contributed by atoms with Crippen LogP contribution < -0.4 is 0 Å². The largest absolute Gasteiger partial charge is 0.504 e. The van der Waals surface area contributed by atoms with E-state index in [9.17, 15) is 20.1 Å². The lowest BCUT2D eigenvalue weighted by Crippen LogP contribution is -2.70. The molecule has 1 saturated heterocycles. The van der Waals surface area contributed by atoms with Crippen molar-refractivity contribution in [3.8, 4) is 11.5 Å². The van der Waals surface area contributed by atoms with Crippen LogP contribution in [-0.2, 0) is 16.6 Å². The maximum Gasteiger partial charge on any atom is 0.161 e. The Labute approximate surface area is 148 Å². The fraction of sp³-hybridized carbons (Fsp3) is 0.550. The van der Waals surface area contributed by atoms with E-state index in [1.54, 1.807) is 13.0 Å². The van der Waals surface area contributed by atoms with Gasteiger partial charge in [-0.25, -0.2) is 0 Å². The van der Waals surface area contributed by atoms with Crippen LogP contribution in [0.25, 0.3) is 0 Å². The molecule has 1 fully saturated rings. The smallest absolute Gasteiger partial charge is 0.161 e. The van der Waals surface area contributed by atoms with Gasteiger partial charge in [-0.1, -0.05) is 19.1 Å². The first-order valence-electron chi connectivity index (χ1n) is 8.91. The van der Waals surface area contributed by atoms with Gasteiger partial charge in [0.1, 0.15) is 5.78 Å². The summed E-state index contributed by atoms with van der Waals surface area (Å²) in [6.45, 7) is 8.75. The fourth-order valence-electron chi connectivity index (χ4n) is 4.86. The van der Waals surface area contributed by atoms with Gasteiger partial charge in [-0.15, -0.1) is 6.58 Å². The van der Waals surface area contributed by atoms with Crippen LogP contribution in [0.4, 0.5) is 0 Å². The molecule has 25 heavy (non-hydrogen) atoms. The number of Topliss-reactive ketones (excluding diaryl/α,β-unsaturated/α-hetero) is 1. The van der Waals surface area contributed by atoms with E-state index in [-0.39, 0.29) is 29.7 Å². The van der Waals surface area contributed by atoms with Gasteiger partial charge in [-0.3, -0.25) is 9.69 Å². The van der Waals surface area contributed by atoms with Crippen molar-refractivity contribution < 1.29 is 20.1 Å². The summed E-state index contributed by atoms with van der Waals surface area (Å²) in [5.41, 5.74) is -0.644. The summed E-state index contributed by atoms with van der Waals surface area (Å²) in [4.78, 5) is 14.6. The number of benzene rings is 1. The fourth-order valence-corrected chi connectivity index (χ4v) is 4.86. The van der Waals surface area contributed by atoms with Gasteiger partial charge >= 0.3 is 0 Å². The maximum absolute atomic E-state index is 12.4. The lowest BCUT2D eigenvalue weighted by Gasteiger charge is -2.60. The molecule has 2 bridgehead atoms. The van der Waals surface area contributed by atoms with Crippen molar-refractivity contribution >= 4 is 5.78 Å². The van der Waals surface area contributed by atoms with E-state index < -0.39 is 11.0 Å². The minimum atomic E-state index is -1.20. The van der Waals surface area contributed by atoms with Gasteiger partial charge < -0.3 is 15.3 Å². The molecule has 5 heteroatoms. The predicted octanol–water partition coefficient (Wildman–Crippen LogP) is 2.27. The molecule has 1 aromatic rings. The summed E-state index contributed by atoms with van der Waals surface area (Å²) in [5.74, 6) is -0.353. The standard InChI is InChI=1S/C20H27NO4/c1-4-9-21-10-8-20(12-14(22)5-2)17-13(6-7-15(23)18(17)24)11-16(21)19(20,3)25/h4,6-7,16,23-25H,1,5,8-12H2,2-3H3. The molecule has 3 N–H and O–H groups in total. The van der Waals surface area contributed by atoms with Crippen molar-refractivity contribution in [2.24, 2.45) is 0 Å². The molecule has 136 valence electrons. The molecule has 3 unspecified atom stereocenters. The number of aliphatic hydroxyl groups is 1. The van der Waals surface area contributed by atoms with Crippen molar-refractivity contribution in [2.75, 3.05) is 13.1 Å². The molecule has 3 rings (SSSR count). The summed E-state index contributed by atoms with van der Waals surface area (Å²) >= 11 is 0. The first-order valence-corrected chi connectivity index (χ1v) is 8.91. The Balaban J connectivity index is 2.23. The van der Waals surface area contributed by atoms with Gasteiger partial charge in [0.15, 0.2) is 11.5 Å². The Hall–Kier alpha value is -1.85. The van der Waals surface area contributed by atoms with Crippen LogP contribution in [-0.4, -0.2) is 50.7 Å². The van der Waals surface area contributed by atoms with Crippen molar-refractivity contribution in [3.05, 3.63) is 35.9 Å². The second kappa shape index (κ2) is 6.15. The first-order chi connectivity index (χ1) is 11.8. The number of likely N-dealkylation sites (tertiary alicyclic amines) is 1. The van der Waals surface area contributed by atoms with Gasteiger partial charge in [0.25, 0.3) is 0 Å². The van der Waals surface area contributed by atoms with Gasteiger partial charge in [-0.2, -0.15) is 0 Å². The van der Waals surface area contributed by atoms with Crippen LogP contribution in [0.2, 0.25) is 0 Å². The molecule has 0 spiro atoms. The molecule has 1 aliphatic heterocycles. The summed E-state index contributed by atoms with van der Waals surface area (Å²) < 4.78 is 0. The summed E-state index contributed by atoms with van der Waals surface area (Å²) in [5, 5.41) is 32.2. The van der Waals surface area contributed by atoms with E-state index in [4.69, 9.17) is 0 Å². The number of phenols is 2. The van der Waals surface area contributed by atoms with Crippen LogP contribution >= 0.6 is 0 Å². The number of phenolic OH excluding ortho intramolecular Hbond substituents is 2. The van der Waals surface area contributed by atoms with E-state index in [0.717, 1.165) is 5.56 Å². The third kappa shape index (κ3) is 2.49. The normalized spacial score (nSPS) is 31.4. The highest BCUT2D eigenvalue weighted by atomic mass is 16.3. The molecule has 1 heterocycles. The number of carbonyl (C=O) groups excluding carboxylic acids is 1. The van der Waals surface area contributed by atoms with Crippen LogP contribution in [0, 0.1) is 0 Å². The Morgan fingerprint density at radius 1 is 1.44 bits per heavy atom. The quantitative estimate of drug-likeness (QED) is 0.563. The zero-order valence-corrected chi connectivity index (χ0v) is 15.0. The van der Waals surface area contributed by atoms with E-state index >= 15 is 0 Å². The average Bonchev–Trinajstić information content (AvgIpc) is 2.55. The molecule has 0 radical (unpaired) electrons. The monoisotopic (exact) mass is 345 g/mol. The van der Waals surface area contributed by atoms with Crippen LogP contribution in [0.15, 0.2) is 24.8 Å². The highest BCUT2D eigenvalue weighted by Crippen LogP contribution is 2.57. The van der Waals surface area contributed by atoms with Crippen molar-refractivity contribution in [3.63, 3.8) is 0 Å². The molecule has 1 aliphatic carbocycles. The second-order valence-corrected chi connectivity index (χ2v) is 7.52. The minimum absolute atomic E-state index is 0.0480. The summed E-state index contributed by atoms with van der Waals surface area (Å²) in [6.07, 6.45) is 3.48. The minimum Gasteiger partial charge on any atom is -0.504 e. The van der Waals surface area contributed by atoms with E-state index in [1.165, 1.54) is 6.07 Å². The third-order valence-corrected chi connectivity index (χ3v) is 6.28. The number of carbonyl (C=O) groups is 1. The molecule has 3 atom stereocenters. The number of aromatic hydroxyl groups is 2. The summed E-state index contributed by atoms with van der Waals surface area (Å²) in [6, 6.07) is 3.12. The number of nitrogens with zero attached hydrogens (tertiary/aromatic N) is 1. The second-order valence-electron chi connectivity index (χ2n) is 7.52. The first kappa shape index (κ1) is 18.0. The Morgan fingerprint density at radius 3 is 2.80 bits per heavy atom. The Morgan fingerprint density at radius 2 is 2.16 bits per heavy atom.